The van der Waals surface area contributed by atoms with Gasteiger partial charge < -0.3 is 48.3 Å². The molecule has 0 bridgehead atoms. The molecular formula is C25H45N7O9. The van der Waals surface area contributed by atoms with E-state index in [1.807, 2.05) is 0 Å². The zero-order valence-electron chi connectivity index (χ0n) is 24.4. The molecule has 41 heavy (non-hydrogen) atoms. The lowest BCUT2D eigenvalue weighted by atomic mass is 10.0. The Hall–Kier alpha value is -3.79. The number of nitrogens with two attached hydrogens (primary N) is 2. The molecule has 0 spiro atoms. The highest BCUT2D eigenvalue weighted by Crippen LogP contribution is 2.07. The fourth-order valence-corrected chi connectivity index (χ4v) is 3.74. The van der Waals surface area contributed by atoms with Crippen molar-refractivity contribution in [2.45, 2.75) is 97.1 Å². The van der Waals surface area contributed by atoms with Gasteiger partial charge in [0.1, 0.15) is 30.2 Å². The van der Waals surface area contributed by atoms with Crippen molar-refractivity contribution in [3.8, 4) is 0 Å². The van der Waals surface area contributed by atoms with Gasteiger partial charge in [0.2, 0.25) is 41.4 Å². The molecule has 0 aliphatic carbocycles. The Morgan fingerprint density at radius 1 is 0.634 bits per heavy atom. The lowest BCUT2D eigenvalue weighted by molar-refractivity contribution is -0.137. The van der Waals surface area contributed by atoms with Crippen molar-refractivity contribution in [1.82, 2.24) is 26.6 Å². The van der Waals surface area contributed by atoms with Crippen LogP contribution in [0.5, 0.6) is 0 Å². The quantitative estimate of drug-likeness (QED) is 0.0761. The number of amides is 7. The van der Waals surface area contributed by atoms with Crippen LogP contribution in [0.2, 0.25) is 0 Å². The average Bonchev–Trinajstić information content (AvgIpc) is 2.82. The zero-order valence-corrected chi connectivity index (χ0v) is 24.4. The van der Waals surface area contributed by atoms with Crippen LogP contribution in [0.1, 0.15) is 60.8 Å². The van der Waals surface area contributed by atoms with E-state index in [2.05, 4.69) is 26.6 Å². The van der Waals surface area contributed by atoms with E-state index in [0.29, 0.717) is 0 Å². The van der Waals surface area contributed by atoms with E-state index >= 15 is 0 Å². The standard InChI is InChI=1S/C25H45N7O9/c1-11(2)7-15(21(27)37)29-24(40)18(10-33)31-25(41)20(13(5)34)32-23(39)17(9-19(26)36)30-22(38)16(8-12(3)4)28-14(6)35/h11-13,15-18,20,33-34H,7-10H2,1-6H3,(H2,26,36)(H2,27,37)(H,28,35)(H,29,40)(H,30,38)(H,31,41)(H,32,39)/t13-,15+,16+,17+,18+,20+/m1/s1. The molecule has 11 N–H and O–H groups in total. The number of aliphatic hydroxyl groups is 2. The van der Waals surface area contributed by atoms with Gasteiger partial charge in [0, 0.05) is 6.92 Å². The Labute approximate surface area is 239 Å². The van der Waals surface area contributed by atoms with E-state index in [1.54, 1.807) is 27.7 Å². The van der Waals surface area contributed by atoms with Crippen LogP contribution in [0.15, 0.2) is 0 Å². The van der Waals surface area contributed by atoms with Crippen LogP contribution in [0, 0.1) is 11.8 Å². The first-order chi connectivity index (χ1) is 18.9. The summed E-state index contributed by atoms with van der Waals surface area (Å²) in [7, 11) is 0. The second kappa shape index (κ2) is 17.8. The smallest absolute Gasteiger partial charge is 0.245 e. The number of hydrogen-bond donors (Lipinski definition) is 9. The molecule has 0 aromatic carbocycles. The summed E-state index contributed by atoms with van der Waals surface area (Å²) in [6.45, 7) is 8.66. The molecule has 0 rings (SSSR count). The maximum atomic E-state index is 13.0. The Morgan fingerprint density at radius 3 is 1.49 bits per heavy atom. The minimum Gasteiger partial charge on any atom is -0.394 e. The van der Waals surface area contributed by atoms with Gasteiger partial charge in [0.25, 0.3) is 0 Å². The van der Waals surface area contributed by atoms with Crippen LogP contribution >= 0.6 is 0 Å². The minimum atomic E-state index is -1.71. The SMILES string of the molecule is CC(=O)N[C@@H](CC(C)C)C(=O)N[C@@H](CC(N)=O)C(=O)N[C@H](C(=O)N[C@@H](CO)C(=O)N[C@@H](CC(C)C)C(N)=O)[C@@H](C)O. The molecule has 0 aromatic rings. The van der Waals surface area contributed by atoms with E-state index in [0.717, 1.165) is 6.92 Å². The molecule has 16 nitrogen and oxygen atoms in total. The van der Waals surface area contributed by atoms with Crippen LogP contribution < -0.4 is 38.1 Å². The summed E-state index contributed by atoms with van der Waals surface area (Å²) in [4.78, 5) is 86.2. The van der Waals surface area contributed by atoms with E-state index in [1.165, 1.54) is 6.92 Å². The normalized spacial score (nSPS) is 15.5. The predicted molar refractivity (Wildman–Crippen MR) is 146 cm³/mol. The van der Waals surface area contributed by atoms with Gasteiger partial charge in [-0.05, 0) is 31.6 Å². The summed E-state index contributed by atoms with van der Waals surface area (Å²) in [5.41, 5.74) is 10.5. The van der Waals surface area contributed by atoms with Gasteiger partial charge in [-0.25, -0.2) is 0 Å². The van der Waals surface area contributed by atoms with Crippen molar-refractivity contribution in [2.75, 3.05) is 6.61 Å². The molecule has 0 unspecified atom stereocenters. The topological polar surface area (TPSA) is 272 Å². The molecule has 0 radical (unpaired) electrons. The fraction of sp³-hybridized carbons (Fsp3) is 0.720. The molecule has 234 valence electrons. The van der Waals surface area contributed by atoms with Gasteiger partial charge in [-0.15, -0.1) is 0 Å². The van der Waals surface area contributed by atoms with Crippen LogP contribution in [-0.4, -0.2) is 94.5 Å². The first kappa shape index (κ1) is 37.2. The molecular weight excluding hydrogens is 542 g/mol. The summed E-state index contributed by atoms with van der Waals surface area (Å²) >= 11 is 0. The Balaban J connectivity index is 5.74. The van der Waals surface area contributed by atoms with Crippen molar-refractivity contribution in [1.29, 1.82) is 0 Å². The van der Waals surface area contributed by atoms with Crippen molar-refractivity contribution in [3.63, 3.8) is 0 Å². The maximum absolute atomic E-state index is 13.0. The first-order valence-electron chi connectivity index (χ1n) is 13.2. The number of nitrogens with one attached hydrogen (secondary N) is 5. The number of carbonyl (C=O) groups excluding carboxylic acids is 7. The van der Waals surface area contributed by atoms with E-state index in [4.69, 9.17) is 11.5 Å². The predicted octanol–water partition coefficient (Wildman–Crippen LogP) is -3.74. The van der Waals surface area contributed by atoms with Gasteiger partial charge in [0.15, 0.2) is 0 Å². The largest absolute Gasteiger partial charge is 0.394 e. The number of carbonyl (C=O) groups is 7. The summed E-state index contributed by atoms with van der Waals surface area (Å²) in [5.74, 6) is -6.21. The van der Waals surface area contributed by atoms with E-state index < -0.39 is 90.7 Å². The van der Waals surface area contributed by atoms with Crippen molar-refractivity contribution < 1.29 is 43.8 Å². The molecule has 0 heterocycles. The summed E-state index contributed by atoms with van der Waals surface area (Å²) in [6.07, 6.45) is -1.80. The third-order valence-electron chi connectivity index (χ3n) is 5.68. The summed E-state index contributed by atoms with van der Waals surface area (Å²) in [6, 6.07) is -6.97. The van der Waals surface area contributed by atoms with Gasteiger partial charge >= 0.3 is 0 Å². The molecule has 0 aliphatic heterocycles. The molecule has 0 aromatic heterocycles. The minimum absolute atomic E-state index is 0.0162. The van der Waals surface area contributed by atoms with Crippen molar-refractivity contribution in [3.05, 3.63) is 0 Å². The summed E-state index contributed by atoms with van der Waals surface area (Å²) in [5, 5.41) is 31.4. The van der Waals surface area contributed by atoms with Crippen LogP contribution in [0.4, 0.5) is 0 Å². The molecule has 6 atom stereocenters. The molecule has 0 saturated heterocycles. The van der Waals surface area contributed by atoms with Gasteiger partial charge in [-0.3, -0.25) is 33.6 Å². The molecule has 7 amide bonds. The van der Waals surface area contributed by atoms with Gasteiger partial charge in [-0.1, -0.05) is 27.7 Å². The van der Waals surface area contributed by atoms with Crippen LogP contribution in [0.25, 0.3) is 0 Å². The van der Waals surface area contributed by atoms with Crippen LogP contribution in [-0.2, 0) is 33.6 Å². The molecule has 0 fully saturated rings. The molecule has 0 saturated carbocycles. The molecule has 16 heteroatoms. The summed E-state index contributed by atoms with van der Waals surface area (Å²) < 4.78 is 0. The number of rotatable bonds is 18. The van der Waals surface area contributed by atoms with Crippen molar-refractivity contribution in [2.24, 2.45) is 23.3 Å². The zero-order chi connectivity index (χ0) is 32.0. The maximum Gasteiger partial charge on any atom is 0.245 e. The van der Waals surface area contributed by atoms with E-state index in [9.17, 15) is 43.8 Å². The average molecular weight is 588 g/mol. The van der Waals surface area contributed by atoms with E-state index in [-0.39, 0.29) is 24.7 Å². The third kappa shape index (κ3) is 14.4. The first-order valence-corrected chi connectivity index (χ1v) is 13.2. The molecule has 0 aliphatic rings. The highest BCUT2D eigenvalue weighted by molar-refractivity contribution is 5.97. The Morgan fingerprint density at radius 2 is 1.07 bits per heavy atom. The monoisotopic (exact) mass is 587 g/mol. The number of aliphatic hydroxyl groups excluding tert-OH is 2. The Bertz CT molecular complexity index is 956. The van der Waals surface area contributed by atoms with Gasteiger partial charge in [-0.2, -0.15) is 0 Å². The highest BCUT2D eigenvalue weighted by atomic mass is 16.3. The third-order valence-corrected chi connectivity index (χ3v) is 5.68. The second-order valence-corrected chi connectivity index (χ2v) is 10.7. The lowest BCUT2D eigenvalue weighted by Gasteiger charge is -2.27. The Kier molecular flexibility index (Phi) is 16.2. The second-order valence-electron chi connectivity index (χ2n) is 10.7. The van der Waals surface area contributed by atoms with Gasteiger partial charge in [0.05, 0.1) is 19.1 Å². The highest BCUT2D eigenvalue weighted by Gasteiger charge is 2.34. The number of primary amides is 2. The fourth-order valence-electron chi connectivity index (χ4n) is 3.74. The lowest BCUT2D eigenvalue weighted by Crippen LogP contribution is -2.62. The van der Waals surface area contributed by atoms with Crippen LogP contribution in [0.3, 0.4) is 0 Å². The number of hydrogen-bond acceptors (Lipinski definition) is 9. The van der Waals surface area contributed by atoms with Crippen molar-refractivity contribution >= 4 is 41.4 Å².